The van der Waals surface area contributed by atoms with E-state index in [4.69, 9.17) is 10.5 Å². The van der Waals surface area contributed by atoms with Gasteiger partial charge in [-0.3, -0.25) is 0 Å². The van der Waals surface area contributed by atoms with Crippen molar-refractivity contribution in [2.45, 2.75) is 20.4 Å². The SMILES string of the molecule is COc1ccc(CN(C)CC(CN)C(C)C)cc1F. The molecule has 0 radical (unpaired) electrons. The normalized spacial score (nSPS) is 13.1. The van der Waals surface area contributed by atoms with E-state index in [1.807, 2.05) is 13.1 Å². The molecule has 1 rings (SSSR count). The Balaban J connectivity index is 2.61. The molecule has 0 spiro atoms. The van der Waals surface area contributed by atoms with Gasteiger partial charge in [0.15, 0.2) is 11.6 Å². The Labute approximate surface area is 115 Å². The number of hydrogen-bond acceptors (Lipinski definition) is 3. The van der Waals surface area contributed by atoms with Crippen LogP contribution in [0.2, 0.25) is 0 Å². The monoisotopic (exact) mass is 268 g/mol. The summed E-state index contributed by atoms with van der Waals surface area (Å²) in [4.78, 5) is 2.18. The fourth-order valence-electron chi connectivity index (χ4n) is 2.14. The zero-order chi connectivity index (χ0) is 14.4. The highest BCUT2D eigenvalue weighted by Crippen LogP contribution is 2.19. The van der Waals surface area contributed by atoms with Gasteiger partial charge in [0.2, 0.25) is 0 Å². The van der Waals surface area contributed by atoms with Gasteiger partial charge in [0.05, 0.1) is 7.11 Å². The number of hydrogen-bond donors (Lipinski definition) is 1. The molecule has 0 aliphatic rings. The average Bonchev–Trinajstić information content (AvgIpc) is 2.35. The standard InChI is InChI=1S/C15H25FN2O/c1-11(2)13(8-17)10-18(3)9-12-5-6-15(19-4)14(16)7-12/h5-7,11,13H,8-10,17H2,1-4H3. The molecule has 0 heterocycles. The molecule has 1 aromatic carbocycles. The van der Waals surface area contributed by atoms with Crippen LogP contribution in [0, 0.1) is 17.7 Å². The number of nitrogens with zero attached hydrogens (tertiary/aromatic N) is 1. The van der Waals surface area contributed by atoms with Gasteiger partial charge in [-0.2, -0.15) is 0 Å². The Bertz CT molecular complexity index is 396. The van der Waals surface area contributed by atoms with Gasteiger partial charge in [0.1, 0.15) is 0 Å². The van der Waals surface area contributed by atoms with Crippen molar-refractivity contribution in [1.29, 1.82) is 0 Å². The van der Waals surface area contributed by atoms with Gasteiger partial charge in [-0.05, 0) is 43.1 Å². The van der Waals surface area contributed by atoms with Gasteiger partial charge in [-0.15, -0.1) is 0 Å². The summed E-state index contributed by atoms with van der Waals surface area (Å²) in [6.45, 7) is 6.67. The van der Waals surface area contributed by atoms with Crippen molar-refractivity contribution in [2.24, 2.45) is 17.6 Å². The van der Waals surface area contributed by atoms with Crippen LogP contribution >= 0.6 is 0 Å². The third-order valence-electron chi connectivity index (χ3n) is 3.46. The molecule has 0 saturated carbocycles. The van der Waals surface area contributed by atoms with Crippen LogP contribution < -0.4 is 10.5 Å². The molecule has 0 aliphatic heterocycles. The molecule has 108 valence electrons. The number of methoxy groups -OCH3 is 1. The highest BCUT2D eigenvalue weighted by atomic mass is 19.1. The maximum absolute atomic E-state index is 13.6. The van der Waals surface area contributed by atoms with Crippen LogP contribution in [0.5, 0.6) is 5.75 Å². The quantitative estimate of drug-likeness (QED) is 0.825. The predicted octanol–water partition coefficient (Wildman–Crippen LogP) is 2.50. The Hall–Kier alpha value is -1.13. The Morgan fingerprint density at radius 1 is 1.37 bits per heavy atom. The van der Waals surface area contributed by atoms with Gasteiger partial charge in [0.25, 0.3) is 0 Å². The van der Waals surface area contributed by atoms with Crippen LogP contribution in [0.1, 0.15) is 19.4 Å². The molecular weight excluding hydrogens is 243 g/mol. The van der Waals surface area contributed by atoms with E-state index in [0.29, 0.717) is 24.9 Å². The van der Waals surface area contributed by atoms with Crippen LogP contribution in [0.25, 0.3) is 0 Å². The summed E-state index contributed by atoms with van der Waals surface area (Å²) in [5.74, 6) is 0.995. The molecular formula is C15H25FN2O. The molecule has 0 saturated heterocycles. The Morgan fingerprint density at radius 3 is 2.53 bits per heavy atom. The number of benzene rings is 1. The zero-order valence-electron chi connectivity index (χ0n) is 12.3. The van der Waals surface area contributed by atoms with Gasteiger partial charge < -0.3 is 15.4 Å². The lowest BCUT2D eigenvalue weighted by molar-refractivity contribution is 0.234. The number of ether oxygens (including phenoxy) is 1. The zero-order valence-corrected chi connectivity index (χ0v) is 12.3. The summed E-state index contributed by atoms with van der Waals surface area (Å²) >= 11 is 0. The first-order valence-corrected chi connectivity index (χ1v) is 6.69. The van der Waals surface area contributed by atoms with E-state index in [9.17, 15) is 4.39 Å². The molecule has 0 aliphatic carbocycles. The third kappa shape index (κ3) is 4.80. The predicted molar refractivity (Wildman–Crippen MR) is 76.7 cm³/mol. The van der Waals surface area contributed by atoms with E-state index < -0.39 is 0 Å². The van der Waals surface area contributed by atoms with Gasteiger partial charge in [-0.25, -0.2) is 4.39 Å². The minimum Gasteiger partial charge on any atom is -0.494 e. The molecule has 0 amide bonds. The van der Waals surface area contributed by atoms with Crippen molar-refractivity contribution in [1.82, 2.24) is 4.90 Å². The number of nitrogens with two attached hydrogens (primary N) is 1. The molecule has 0 fully saturated rings. The first-order valence-electron chi connectivity index (χ1n) is 6.69. The maximum atomic E-state index is 13.6. The van der Waals surface area contributed by atoms with Crippen LogP contribution in [0.15, 0.2) is 18.2 Å². The minimum absolute atomic E-state index is 0.286. The molecule has 1 unspecified atom stereocenters. The van der Waals surface area contributed by atoms with Crippen LogP contribution in [-0.4, -0.2) is 32.1 Å². The molecule has 1 atom stereocenters. The van der Waals surface area contributed by atoms with Crippen molar-refractivity contribution >= 4 is 0 Å². The lowest BCUT2D eigenvalue weighted by Gasteiger charge is -2.25. The third-order valence-corrected chi connectivity index (χ3v) is 3.46. The fourth-order valence-corrected chi connectivity index (χ4v) is 2.14. The summed E-state index contributed by atoms with van der Waals surface area (Å²) in [7, 11) is 3.51. The molecule has 19 heavy (non-hydrogen) atoms. The minimum atomic E-state index is -0.312. The van der Waals surface area contributed by atoms with Crippen molar-refractivity contribution in [2.75, 3.05) is 27.2 Å². The highest BCUT2D eigenvalue weighted by molar-refractivity contribution is 5.29. The summed E-state index contributed by atoms with van der Waals surface area (Å²) in [6.07, 6.45) is 0. The lowest BCUT2D eigenvalue weighted by atomic mass is 9.95. The first-order chi connectivity index (χ1) is 8.97. The Morgan fingerprint density at radius 2 is 2.05 bits per heavy atom. The van der Waals surface area contributed by atoms with E-state index in [2.05, 4.69) is 18.7 Å². The highest BCUT2D eigenvalue weighted by Gasteiger charge is 2.14. The lowest BCUT2D eigenvalue weighted by Crippen LogP contribution is -2.32. The molecule has 4 heteroatoms. The topological polar surface area (TPSA) is 38.5 Å². The second kappa shape index (κ2) is 7.46. The van der Waals surface area contributed by atoms with Gasteiger partial charge in [-0.1, -0.05) is 19.9 Å². The number of halogens is 1. The second-order valence-electron chi connectivity index (χ2n) is 5.41. The fraction of sp³-hybridized carbons (Fsp3) is 0.600. The summed E-state index contributed by atoms with van der Waals surface area (Å²) < 4.78 is 18.5. The largest absolute Gasteiger partial charge is 0.494 e. The molecule has 1 aromatic rings. The van der Waals surface area contributed by atoms with Crippen molar-refractivity contribution < 1.29 is 9.13 Å². The van der Waals surface area contributed by atoms with E-state index in [1.54, 1.807) is 6.07 Å². The Kier molecular flexibility index (Phi) is 6.25. The molecule has 2 N–H and O–H groups in total. The maximum Gasteiger partial charge on any atom is 0.165 e. The van der Waals surface area contributed by atoms with Crippen LogP contribution in [0.3, 0.4) is 0 Å². The second-order valence-corrected chi connectivity index (χ2v) is 5.41. The van der Waals surface area contributed by atoms with E-state index >= 15 is 0 Å². The summed E-state index contributed by atoms with van der Waals surface area (Å²) in [5.41, 5.74) is 6.72. The van der Waals surface area contributed by atoms with E-state index in [-0.39, 0.29) is 11.6 Å². The van der Waals surface area contributed by atoms with Crippen LogP contribution in [-0.2, 0) is 6.54 Å². The average molecular weight is 268 g/mol. The van der Waals surface area contributed by atoms with Crippen molar-refractivity contribution in [3.05, 3.63) is 29.6 Å². The first kappa shape index (κ1) is 15.9. The van der Waals surface area contributed by atoms with Crippen molar-refractivity contribution in [3.63, 3.8) is 0 Å². The number of rotatable bonds is 7. The van der Waals surface area contributed by atoms with E-state index in [1.165, 1.54) is 13.2 Å². The summed E-state index contributed by atoms with van der Waals surface area (Å²) in [5, 5.41) is 0. The summed E-state index contributed by atoms with van der Waals surface area (Å²) in [6, 6.07) is 5.09. The molecule has 3 nitrogen and oxygen atoms in total. The smallest absolute Gasteiger partial charge is 0.165 e. The molecule has 0 aromatic heterocycles. The van der Waals surface area contributed by atoms with Crippen molar-refractivity contribution in [3.8, 4) is 5.75 Å². The van der Waals surface area contributed by atoms with Gasteiger partial charge in [0, 0.05) is 13.1 Å². The molecule has 0 bridgehead atoms. The van der Waals surface area contributed by atoms with E-state index in [0.717, 1.165) is 12.1 Å². The van der Waals surface area contributed by atoms with Gasteiger partial charge >= 0.3 is 0 Å². The van der Waals surface area contributed by atoms with Crippen LogP contribution in [0.4, 0.5) is 4.39 Å².